The number of ether oxygens (including phenoxy) is 4. The smallest absolute Gasteiger partial charge is 0.419 e. The van der Waals surface area contributed by atoms with Crippen molar-refractivity contribution in [2.75, 3.05) is 6.61 Å². The molecular weight excluding hydrogens is 490 g/mol. The number of unbranched alkanes of at least 4 members (excludes halogenated alkanes) is 1. The highest BCUT2D eigenvalue weighted by Gasteiger charge is 2.58. The molecule has 0 spiro atoms. The van der Waals surface area contributed by atoms with Crippen LogP contribution in [0.15, 0.2) is 30.3 Å². The summed E-state index contributed by atoms with van der Waals surface area (Å²) in [4.78, 5) is 53.4. The molecule has 2 heterocycles. The van der Waals surface area contributed by atoms with Gasteiger partial charge in [0.2, 0.25) is 12.2 Å². The van der Waals surface area contributed by atoms with Gasteiger partial charge >= 0.3 is 18.0 Å². The number of carbonyl (C=O) groups is 4. The van der Waals surface area contributed by atoms with Gasteiger partial charge in [0.05, 0.1) is 17.4 Å². The summed E-state index contributed by atoms with van der Waals surface area (Å²) >= 11 is 0. The third-order valence-electron chi connectivity index (χ3n) is 6.71. The van der Waals surface area contributed by atoms with Crippen LogP contribution < -0.4 is 0 Å². The highest BCUT2D eigenvalue weighted by atomic mass is 16.7. The molecule has 0 radical (unpaired) electrons. The van der Waals surface area contributed by atoms with Crippen molar-refractivity contribution in [2.24, 2.45) is 10.8 Å². The lowest BCUT2D eigenvalue weighted by atomic mass is 9.89. The molecule has 2 aliphatic rings. The normalized spacial score (nSPS) is 24.3. The Kier molecular flexibility index (Phi) is 9.23. The van der Waals surface area contributed by atoms with Crippen molar-refractivity contribution in [1.29, 1.82) is 0 Å². The van der Waals surface area contributed by atoms with Gasteiger partial charge in [-0.1, -0.05) is 50.1 Å². The van der Waals surface area contributed by atoms with Gasteiger partial charge in [-0.05, 0) is 59.4 Å². The fourth-order valence-corrected chi connectivity index (χ4v) is 4.41. The molecule has 5 atom stereocenters. The molecule has 0 N–H and O–H groups in total. The molecule has 0 aromatic heterocycles. The Morgan fingerprint density at radius 3 is 2.18 bits per heavy atom. The van der Waals surface area contributed by atoms with Crippen LogP contribution >= 0.6 is 0 Å². The first-order chi connectivity index (χ1) is 17.7. The first-order valence-electron chi connectivity index (χ1n) is 13.4. The molecule has 0 aliphatic carbocycles. The van der Waals surface area contributed by atoms with Gasteiger partial charge in [0.15, 0.2) is 12.2 Å². The summed E-state index contributed by atoms with van der Waals surface area (Å²) in [5.74, 6) is -1.65. The van der Waals surface area contributed by atoms with Crippen LogP contribution in [0, 0.1) is 10.8 Å². The molecule has 1 unspecified atom stereocenters. The average molecular weight is 532 g/mol. The Balaban J connectivity index is 1.92. The van der Waals surface area contributed by atoms with Crippen LogP contribution in [0.3, 0.4) is 0 Å². The lowest BCUT2D eigenvalue weighted by Crippen LogP contribution is -2.61. The van der Waals surface area contributed by atoms with Crippen LogP contribution in [0.2, 0.25) is 0 Å². The number of hydrogen-bond acceptors (Lipinski definition) is 8. The SMILES string of the molecule is CCCCC(CC(=O)N1C(=O)O[C@@H]2OC[C@@H](OC(=O)C(C)(C)C)[C@@H](OC(=O)C(C)(C)C)[C@@H]21)c1ccccc1. The molecular formula is C29H41NO8. The minimum Gasteiger partial charge on any atom is -0.455 e. The second kappa shape index (κ2) is 11.8. The van der Waals surface area contributed by atoms with E-state index < -0.39 is 59.3 Å². The summed E-state index contributed by atoms with van der Waals surface area (Å²) in [6.07, 6.45) is -1.46. The van der Waals surface area contributed by atoms with E-state index in [1.54, 1.807) is 41.5 Å². The Bertz CT molecular complexity index is 1010. The molecule has 9 nitrogen and oxygen atoms in total. The Hall–Kier alpha value is -2.94. The van der Waals surface area contributed by atoms with Crippen LogP contribution in [0.5, 0.6) is 0 Å². The number of benzene rings is 1. The highest BCUT2D eigenvalue weighted by Crippen LogP contribution is 2.36. The van der Waals surface area contributed by atoms with Crippen LogP contribution in [-0.4, -0.2) is 60.0 Å². The highest BCUT2D eigenvalue weighted by molar-refractivity contribution is 5.94. The van der Waals surface area contributed by atoms with Crippen molar-refractivity contribution in [3.05, 3.63) is 35.9 Å². The van der Waals surface area contributed by atoms with Crippen LogP contribution in [0.4, 0.5) is 4.79 Å². The summed E-state index contributed by atoms with van der Waals surface area (Å²) in [6.45, 7) is 12.1. The van der Waals surface area contributed by atoms with Gasteiger partial charge in [-0.2, -0.15) is 0 Å². The molecule has 1 aromatic rings. The van der Waals surface area contributed by atoms with Crippen LogP contribution in [0.1, 0.15) is 85.6 Å². The van der Waals surface area contributed by atoms with E-state index in [1.807, 2.05) is 30.3 Å². The number of carbonyl (C=O) groups excluding carboxylic acids is 4. The monoisotopic (exact) mass is 531 g/mol. The van der Waals surface area contributed by atoms with Crippen molar-refractivity contribution < 1.29 is 38.1 Å². The number of amides is 2. The summed E-state index contributed by atoms with van der Waals surface area (Å²) < 4.78 is 22.7. The molecule has 2 amide bonds. The molecule has 38 heavy (non-hydrogen) atoms. The van der Waals surface area contributed by atoms with Crippen molar-refractivity contribution in [1.82, 2.24) is 4.90 Å². The number of nitrogens with zero attached hydrogens (tertiary/aromatic N) is 1. The van der Waals surface area contributed by atoms with Gasteiger partial charge in [-0.3, -0.25) is 14.4 Å². The zero-order chi connectivity index (χ0) is 28.3. The van der Waals surface area contributed by atoms with Gasteiger partial charge < -0.3 is 18.9 Å². The number of esters is 2. The van der Waals surface area contributed by atoms with Gasteiger partial charge in [0, 0.05) is 6.42 Å². The third-order valence-corrected chi connectivity index (χ3v) is 6.71. The standard InChI is InChI=1S/C29H41NO8/c1-8-9-13-19(18-14-11-10-12-15-18)16-21(31)30-22-23(37-26(33)29(5,6)7)20(36-25(32)28(2,3)4)17-35-24(22)38-27(30)34/h10-12,14-15,19-20,22-24H,8-9,13,16-17H2,1-7H3/t19?,20-,22+,23-,24+/m1/s1. The number of fused-ring (bicyclic) bond motifs is 1. The maximum atomic E-state index is 13.7. The van der Waals surface area contributed by atoms with E-state index in [-0.39, 0.29) is 18.9 Å². The Labute approximate surface area is 225 Å². The van der Waals surface area contributed by atoms with E-state index in [0.717, 1.165) is 29.7 Å². The summed E-state index contributed by atoms with van der Waals surface area (Å²) in [6, 6.07) is 8.61. The van der Waals surface area contributed by atoms with Gasteiger partial charge in [0.1, 0.15) is 6.04 Å². The number of hydrogen-bond donors (Lipinski definition) is 0. The zero-order valence-corrected chi connectivity index (χ0v) is 23.5. The van der Waals surface area contributed by atoms with E-state index in [0.29, 0.717) is 0 Å². The molecule has 2 fully saturated rings. The van der Waals surface area contributed by atoms with Crippen molar-refractivity contribution >= 4 is 23.9 Å². The van der Waals surface area contributed by atoms with Crippen LogP contribution in [0.25, 0.3) is 0 Å². The van der Waals surface area contributed by atoms with Crippen LogP contribution in [-0.2, 0) is 33.3 Å². The van der Waals surface area contributed by atoms with Crippen molar-refractivity contribution in [3.8, 4) is 0 Å². The van der Waals surface area contributed by atoms with E-state index in [9.17, 15) is 19.2 Å². The Morgan fingerprint density at radius 1 is 1.00 bits per heavy atom. The third kappa shape index (κ3) is 6.92. The fourth-order valence-electron chi connectivity index (χ4n) is 4.41. The summed E-state index contributed by atoms with van der Waals surface area (Å²) in [7, 11) is 0. The summed E-state index contributed by atoms with van der Waals surface area (Å²) in [5, 5.41) is 0. The lowest BCUT2D eigenvalue weighted by Gasteiger charge is -2.40. The molecule has 1 aromatic carbocycles. The number of imide groups is 1. The first kappa shape index (κ1) is 29.6. The molecule has 2 aliphatic heterocycles. The fraction of sp³-hybridized carbons (Fsp3) is 0.655. The maximum Gasteiger partial charge on any atom is 0.419 e. The maximum absolute atomic E-state index is 13.7. The minimum absolute atomic E-state index is 0.0642. The lowest BCUT2D eigenvalue weighted by molar-refractivity contribution is -0.227. The first-order valence-corrected chi connectivity index (χ1v) is 13.4. The summed E-state index contributed by atoms with van der Waals surface area (Å²) in [5.41, 5.74) is -0.691. The van der Waals surface area contributed by atoms with E-state index >= 15 is 0 Å². The van der Waals surface area contributed by atoms with Gasteiger partial charge in [-0.25, -0.2) is 9.69 Å². The van der Waals surface area contributed by atoms with Gasteiger partial charge in [0.25, 0.3) is 0 Å². The van der Waals surface area contributed by atoms with E-state index in [1.165, 1.54) is 0 Å². The average Bonchev–Trinajstić information content (AvgIpc) is 3.18. The second-order valence-corrected chi connectivity index (χ2v) is 12.1. The van der Waals surface area contributed by atoms with Crippen molar-refractivity contribution in [3.63, 3.8) is 0 Å². The predicted octanol–water partition coefficient (Wildman–Crippen LogP) is 4.97. The predicted molar refractivity (Wildman–Crippen MR) is 139 cm³/mol. The molecule has 2 saturated heterocycles. The van der Waals surface area contributed by atoms with E-state index in [2.05, 4.69) is 6.92 Å². The van der Waals surface area contributed by atoms with Gasteiger partial charge in [-0.15, -0.1) is 0 Å². The quantitative estimate of drug-likeness (QED) is 0.342. The zero-order valence-electron chi connectivity index (χ0n) is 23.5. The molecule has 0 saturated carbocycles. The minimum atomic E-state index is -1.15. The van der Waals surface area contributed by atoms with Crippen molar-refractivity contribution in [2.45, 2.75) is 105 Å². The number of rotatable bonds is 8. The topological polar surface area (TPSA) is 108 Å². The molecule has 3 rings (SSSR count). The molecule has 9 heteroatoms. The largest absolute Gasteiger partial charge is 0.455 e. The molecule has 0 bridgehead atoms. The Morgan fingerprint density at radius 2 is 1.61 bits per heavy atom. The molecule has 210 valence electrons. The van der Waals surface area contributed by atoms with E-state index in [4.69, 9.17) is 18.9 Å². The second-order valence-electron chi connectivity index (χ2n) is 12.1.